The van der Waals surface area contributed by atoms with E-state index in [4.69, 9.17) is 15.9 Å². The molecule has 1 aliphatic heterocycles. The van der Waals surface area contributed by atoms with Gasteiger partial charge in [-0.1, -0.05) is 37.8 Å². The van der Waals surface area contributed by atoms with E-state index in [1.807, 2.05) is 0 Å². The number of carbonyl (C=O) groups is 3. The fourth-order valence-corrected chi connectivity index (χ4v) is 4.32. The summed E-state index contributed by atoms with van der Waals surface area (Å²) in [5, 5.41) is 2.12. The number of hydrogen-bond donors (Lipinski definition) is 1. The summed E-state index contributed by atoms with van der Waals surface area (Å²) < 4.78 is 12.5. The maximum Gasteiger partial charge on any atom is 0.294 e. The third-order valence-electron chi connectivity index (χ3n) is 4.16. The first-order chi connectivity index (χ1) is 15.3. The minimum Gasteiger partial charge on any atom is -0.493 e. The summed E-state index contributed by atoms with van der Waals surface area (Å²) in [5.74, 6) is 2.07. The lowest BCUT2D eigenvalue weighted by atomic mass is 10.1. The fourth-order valence-electron chi connectivity index (χ4n) is 2.77. The zero-order chi connectivity index (χ0) is 23.3. The largest absolute Gasteiger partial charge is 0.493 e. The molecule has 0 atom stereocenters. The van der Waals surface area contributed by atoms with E-state index in [9.17, 15) is 14.4 Å². The van der Waals surface area contributed by atoms with Crippen LogP contribution in [0.25, 0.3) is 6.08 Å². The van der Waals surface area contributed by atoms with Crippen LogP contribution >= 0.6 is 43.6 Å². The zero-order valence-corrected chi connectivity index (χ0v) is 20.7. The number of imide groups is 1. The molecule has 7 nitrogen and oxygen atoms in total. The van der Waals surface area contributed by atoms with Crippen molar-refractivity contribution in [2.24, 2.45) is 0 Å². The van der Waals surface area contributed by atoms with E-state index in [0.29, 0.717) is 27.2 Å². The Morgan fingerprint density at radius 2 is 1.94 bits per heavy atom. The van der Waals surface area contributed by atoms with Crippen molar-refractivity contribution in [3.63, 3.8) is 0 Å². The first kappa shape index (κ1) is 23.9. The van der Waals surface area contributed by atoms with Gasteiger partial charge in [0.15, 0.2) is 11.5 Å². The van der Waals surface area contributed by atoms with Crippen molar-refractivity contribution in [1.29, 1.82) is 0 Å². The molecule has 3 amide bonds. The van der Waals surface area contributed by atoms with Gasteiger partial charge in [-0.3, -0.25) is 19.3 Å². The van der Waals surface area contributed by atoms with Gasteiger partial charge in [-0.25, -0.2) is 0 Å². The van der Waals surface area contributed by atoms with Gasteiger partial charge in [0.05, 0.1) is 12.0 Å². The first-order valence-electron chi connectivity index (χ1n) is 9.07. The van der Waals surface area contributed by atoms with E-state index < -0.39 is 23.6 Å². The highest BCUT2D eigenvalue weighted by atomic mass is 79.9. The van der Waals surface area contributed by atoms with Crippen LogP contribution in [0, 0.1) is 12.3 Å². The molecule has 0 unspecified atom stereocenters. The van der Waals surface area contributed by atoms with Crippen molar-refractivity contribution in [1.82, 2.24) is 4.90 Å². The van der Waals surface area contributed by atoms with Crippen molar-refractivity contribution in [3.05, 3.63) is 55.8 Å². The Kier molecular flexibility index (Phi) is 8.01. The van der Waals surface area contributed by atoms with E-state index in [2.05, 4.69) is 43.1 Å². The smallest absolute Gasteiger partial charge is 0.294 e. The van der Waals surface area contributed by atoms with Gasteiger partial charge in [0.1, 0.15) is 13.2 Å². The van der Waals surface area contributed by atoms with Crippen LogP contribution in [0.1, 0.15) is 5.56 Å². The van der Waals surface area contributed by atoms with Gasteiger partial charge < -0.3 is 14.8 Å². The highest BCUT2D eigenvalue weighted by Crippen LogP contribution is 2.39. The molecular formula is C22H16Br2N2O5S. The minimum atomic E-state index is -0.576. The topological polar surface area (TPSA) is 84.9 Å². The van der Waals surface area contributed by atoms with E-state index in [1.165, 1.54) is 13.2 Å². The number of carbonyl (C=O) groups excluding carboxylic acids is 3. The number of terminal acetylenes is 1. The monoisotopic (exact) mass is 578 g/mol. The fraction of sp³-hybridized carbons (Fsp3) is 0.136. The second kappa shape index (κ2) is 10.7. The van der Waals surface area contributed by atoms with E-state index in [0.717, 1.165) is 21.1 Å². The molecule has 1 saturated heterocycles. The number of benzene rings is 2. The summed E-state index contributed by atoms with van der Waals surface area (Å²) in [6.45, 7) is -0.406. The molecule has 3 rings (SSSR count). The maximum absolute atomic E-state index is 12.8. The number of anilines is 1. The number of nitrogens with zero attached hydrogens (tertiary/aromatic N) is 1. The van der Waals surface area contributed by atoms with Gasteiger partial charge in [-0.2, -0.15) is 0 Å². The summed E-state index contributed by atoms with van der Waals surface area (Å²) >= 11 is 7.44. The second-order valence-electron chi connectivity index (χ2n) is 6.34. The average Bonchev–Trinajstić information content (AvgIpc) is 3.01. The third-order valence-corrected chi connectivity index (χ3v) is 6.05. The molecule has 0 bridgehead atoms. The summed E-state index contributed by atoms with van der Waals surface area (Å²) in [6.07, 6.45) is 6.80. The molecule has 0 spiro atoms. The van der Waals surface area contributed by atoms with Crippen molar-refractivity contribution < 1.29 is 23.9 Å². The average molecular weight is 580 g/mol. The summed E-state index contributed by atoms with van der Waals surface area (Å²) in [6, 6.07) is 10.3. The molecule has 2 aromatic rings. The van der Waals surface area contributed by atoms with Crippen molar-refractivity contribution in [3.8, 4) is 23.8 Å². The molecule has 0 aromatic heterocycles. The van der Waals surface area contributed by atoms with Crippen LogP contribution in [-0.4, -0.2) is 42.2 Å². The first-order valence-corrected chi connectivity index (χ1v) is 11.5. The van der Waals surface area contributed by atoms with Crippen molar-refractivity contribution in [2.75, 3.05) is 25.6 Å². The molecule has 10 heteroatoms. The zero-order valence-electron chi connectivity index (χ0n) is 16.7. The SMILES string of the molecule is C#CCOc1c(/C=C2/SC(=O)N(CC(=O)Nc3ccc(Br)cc3)C2=O)cc(Br)cc1OC. The van der Waals surface area contributed by atoms with Crippen LogP contribution in [0.3, 0.4) is 0 Å². The minimum absolute atomic E-state index is 0.00343. The Hall–Kier alpha value is -2.74. The van der Waals surface area contributed by atoms with Crippen molar-refractivity contribution >= 4 is 72.4 Å². The number of nitrogens with one attached hydrogen (secondary N) is 1. The highest BCUT2D eigenvalue weighted by molar-refractivity contribution is 9.10. The molecule has 0 aliphatic carbocycles. The molecule has 1 heterocycles. The van der Waals surface area contributed by atoms with Crippen LogP contribution < -0.4 is 14.8 Å². The number of rotatable bonds is 7. The quantitative estimate of drug-likeness (QED) is 0.371. The van der Waals surface area contributed by atoms with Gasteiger partial charge in [0, 0.05) is 20.2 Å². The molecule has 2 aromatic carbocycles. The Morgan fingerprint density at radius 1 is 1.22 bits per heavy atom. The van der Waals surface area contributed by atoms with Crippen LogP contribution in [-0.2, 0) is 9.59 Å². The molecule has 0 radical (unpaired) electrons. The second-order valence-corrected chi connectivity index (χ2v) is 9.17. The van der Waals surface area contributed by atoms with Crippen molar-refractivity contribution in [2.45, 2.75) is 0 Å². The van der Waals surface area contributed by atoms with Gasteiger partial charge in [-0.15, -0.1) is 6.42 Å². The molecule has 32 heavy (non-hydrogen) atoms. The normalized spacial score (nSPS) is 14.4. The number of halogens is 2. The Morgan fingerprint density at radius 3 is 2.59 bits per heavy atom. The molecule has 1 aliphatic rings. The number of thioether (sulfide) groups is 1. The summed E-state index contributed by atoms with van der Waals surface area (Å²) in [7, 11) is 1.48. The Balaban J connectivity index is 1.81. The lowest BCUT2D eigenvalue weighted by Gasteiger charge is -2.13. The summed E-state index contributed by atoms with van der Waals surface area (Å²) in [4.78, 5) is 38.6. The van der Waals surface area contributed by atoms with Crippen LogP contribution in [0.15, 0.2) is 50.2 Å². The molecule has 164 valence electrons. The Labute approximate surface area is 205 Å². The van der Waals surface area contributed by atoms with E-state index in [-0.39, 0.29) is 11.5 Å². The number of methoxy groups -OCH3 is 1. The third kappa shape index (κ3) is 5.73. The molecule has 1 N–H and O–H groups in total. The van der Waals surface area contributed by atoms with E-state index in [1.54, 1.807) is 36.4 Å². The van der Waals surface area contributed by atoms with Gasteiger partial charge in [0.25, 0.3) is 11.1 Å². The predicted octanol–water partition coefficient (Wildman–Crippen LogP) is 4.91. The molecule has 0 saturated carbocycles. The van der Waals surface area contributed by atoms with E-state index >= 15 is 0 Å². The van der Waals surface area contributed by atoms with Gasteiger partial charge in [0.2, 0.25) is 5.91 Å². The maximum atomic E-state index is 12.8. The Bertz CT molecular complexity index is 1140. The molecular weight excluding hydrogens is 564 g/mol. The van der Waals surface area contributed by atoms with Gasteiger partial charge in [-0.05, 0) is 54.2 Å². The highest BCUT2D eigenvalue weighted by Gasteiger charge is 2.36. The predicted molar refractivity (Wildman–Crippen MR) is 130 cm³/mol. The van der Waals surface area contributed by atoms with Gasteiger partial charge >= 0.3 is 0 Å². The standard InChI is InChI=1S/C22H16Br2N2O5S/c1-3-8-31-20-13(9-15(24)11-17(20)30-2)10-18-21(28)26(22(29)32-18)12-19(27)25-16-6-4-14(23)5-7-16/h1,4-7,9-11H,8,12H2,2H3,(H,25,27)/b18-10+. The number of amides is 3. The molecule has 1 fully saturated rings. The van der Waals surface area contributed by atoms with Crippen LogP contribution in [0.5, 0.6) is 11.5 Å². The van der Waals surface area contributed by atoms with Crippen LogP contribution in [0.2, 0.25) is 0 Å². The van der Waals surface area contributed by atoms with Crippen LogP contribution in [0.4, 0.5) is 10.5 Å². The lowest BCUT2D eigenvalue weighted by Crippen LogP contribution is -2.36. The number of ether oxygens (including phenoxy) is 2. The summed E-state index contributed by atoms with van der Waals surface area (Å²) in [5.41, 5.74) is 1.05. The lowest BCUT2D eigenvalue weighted by molar-refractivity contribution is -0.127. The number of hydrogen-bond acceptors (Lipinski definition) is 6.